The summed E-state index contributed by atoms with van der Waals surface area (Å²) in [7, 11) is 0. The molecule has 1 aromatic heterocycles. The average molecular weight is 470 g/mol. The van der Waals surface area contributed by atoms with Crippen molar-refractivity contribution in [2.75, 3.05) is 13.2 Å². The van der Waals surface area contributed by atoms with E-state index in [1.54, 1.807) is 6.07 Å². The number of hydrogen-bond donors (Lipinski definition) is 1. The fourth-order valence-electron chi connectivity index (χ4n) is 6.15. The first-order chi connectivity index (χ1) is 16.4. The Labute approximate surface area is 202 Å². The Morgan fingerprint density at radius 2 is 2.06 bits per heavy atom. The first-order valence-electron chi connectivity index (χ1n) is 13.1. The van der Waals surface area contributed by atoms with Gasteiger partial charge in [0.15, 0.2) is 6.61 Å². The molecule has 4 rings (SSSR count). The van der Waals surface area contributed by atoms with Crippen molar-refractivity contribution in [3.8, 4) is 5.75 Å². The van der Waals surface area contributed by atoms with Gasteiger partial charge in [0.1, 0.15) is 11.3 Å². The van der Waals surface area contributed by atoms with Gasteiger partial charge in [0.05, 0.1) is 5.60 Å². The summed E-state index contributed by atoms with van der Waals surface area (Å²) in [5.74, 6) is 0.683. The minimum Gasteiger partial charge on any atom is -0.483 e. The molecule has 0 spiro atoms. The highest BCUT2D eigenvalue weighted by Gasteiger charge is 2.49. The van der Waals surface area contributed by atoms with Gasteiger partial charge < -0.3 is 19.2 Å². The highest BCUT2D eigenvalue weighted by atomic mass is 16.5. The number of fused-ring (bicyclic) bond motifs is 2. The quantitative estimate of drug-likeness (QED) is 0.541. The van der Waals surface area contributed by atoms with Gasteiger partial charge in [-0.15, -0.1) is 0 Å². The number of nitrogens with zero attached hydrogens (tertiary/aromatic N) is 1. The molecule has 0 radical (unpaired) electrons. The third kappa shape index (κ3) is 4.88. The highest BCUT2D eigenvalue weighted by Crippen LogP contribution is 2.44. The number of aliphatic hydroxyl groups is 1. The summed E-state index contributed by atoms with van der Waals surface area (Å²) in [5.41, 5.74) is 1.26. The van der Waals surface area contributed by atoms with Crippen molar-refractivity contribution >= 4 is 16.9 Å². The lowest BCUT2D eigenvalue weighted by molar-refractivity contribution is -0.157. The van der Waals surface area contributed by atoms with Crippen LogP contribution >= 0.6 is 0 Å². The second kappa shape index (κ2) is 10.5. The summed E-state index contributed by atoms with van der Waals surface area (Å²) in [4.78, 5) is 27.4. The van der Waals surface area contributed by atoms with E-state index in [0.29, 0.717) is 24.3 Å². The predicted octanol–water partition coefficient (Wildman–Crippen LogP) is 5.15. The Hall–Kier alpha value is -2.34. The lowest BCUT2D eigenvalue weighted by Gasteiger charge is -2.52. The number of rotatable bonds is 8. The molecule has 2 fully saturated rings. The van der Waals surface area contributed by atoms with E-state index in [1.807, 2.05) is 24.0 Å². The summed E-state index contributed by atoms with van der Waals surface area (Å²) in [5, 5.41) is 12.2. The van der Waals surface area contributed by atoms with Crippen LogP contribution in [0.1, 0.15) is 82.8 Å². The minimum absolute atomic E-state index is 0.0330. The molecule has 1 saturated heterocycles. The molecule has 2 aliphatic rings. The third-order valence-electron chi connectivity index (χ3n) is 7.96. The molecule has 2 heterocycles. The van der Waals surface area contributed by atoms with E-state index in [9.17, 15) is 14.7 Å². The summed E-state index contributed by atoms with van der Waals surface area (Å²) in [6.45, 7) is 6.64. The minimum atomic E-state index is -0.628. The van der Waals surface area contributed by atoms with Crippen LogP contribution in [-0.4, -0.2) is 40.7 Å². The topological polar surface area (TPSA) is 80.0 Å². The molecule has 1 amide bonds. The molecular formula is C28H39NO5. The van der Waals surface area contributed by atoms with Crippen molar-refractivity contribution in [2.24, 2.45) is 5.92 Å². The molecule has 1 aromatic carbocycles. The standard InChI is InChI=1S/C28H39NO5/c1-4-6-11-23-22-10-7-8-14-28(22,32)15-16-29(23)25(30)18-33-24-13-12-21-20(9-5-2)17-26(31)34-27(21)19(24)3/h12-13,17,22-23,32H,4-11,14-16,18H2,1-3H3/t22-,23+,28-/m1/s1. The number of amides is 1. The predicted molar refractivity (Wildman–Crippen MR) is 133 cm³/mol. The van der Waals surface area contributed by atoms with Gasteiger partial charge in [-0.05, 0) is 56.7 Å². The molecule has 0 bridgehead atoms. The number of likely N-dealkylation sites (tertiary alicyclic amines) is 1. The Morgan fingerprint density at radius 3 is 2.82 bits per heavy atom. The largest absolute Gasteiger partial charge is 0.483 e. The molecule has 1 saturated carbocycles. The van der Waals surface area contributed by atoms with Gasteiger partial charge in [0.2, 0.25) is 0 Å². The molecule has 34 heavy (non-hydrogen) atoms. The molecule has 6 nitrogen and oxygen atoms in total. The highest BCUT2D eigenvalue weighted by molar-refractivity contribution is 5.85. The van der Waals surface area contributed by atoms with Gasteiger partial charge in [-0.3, -0.25) is 4.79 Å². The number of unbranched alkanes of at least 4 members (excludes halogenated alkanes) is 1. The third-order valence-corrected chi connectivity index (χ3v) is 7.96. The number of ether oxygens (including phenoxy) is 1. The van der Waals surface area contributed by atoms with Gasteiger partial charge in [-0.2, -0.15) is 0 Å². The molecular weight excluding hydrogens is 430 g/mol. The molecule has 2 aromatic rings. The first kappa shape index (κ1) is 24.8. The molecule has 0 unspecified atom stereocenters. The van der Waals surface area contributed by atoms with E-state index in [1.165, 1.54) is 0 Å². The summed E-state index contributed by atoms with van der Waals surface area (Å²) in [6, 6.07) is 5.43. The van der Waals surface area contributed by atoms with Crippen LogP contribution in [0.4, 0.5) is 0 Å². The van der Waals surface area contributed by atoms with Crippen LogP contribution in [-0.2, 0) is 11.2 Å². The van der Waals surface area contributed by atoms with Crippen LogP contribution < -0.4 is 10.4 Å². The number of piperidine rings is 1. The number of carbonyl (C=O) groups excluding carboxylic acids is 1. The normalized spacial score (nSPS) is 24.8. The van der Waals surface area contributed by atoms with Gasteiger partial charge in [-0.1, -0.05) is 46.0 Å². The van der Waals surface area contributed by atoms with Crippen LogP contribution in [0.3, 0.4) is 0 Å². The van der Waals surface area contributed by atoms with Crippen LogP contribution in [0, 0.1) is 12.8 Å². The SMILES string of the molecule is CCCC[C@H]1[C@H]2CCCC[C@@]2(O)CCN1C(=O)COc1ccc2c(CCC)cc(=O)oc2c1C. The molecule has 1 N–H and O–H groups in total. The van der Waals surface area contributed by atoms with Crippen LogP contribution in [0.2, 0.25) is 0 Å². The number of aryl methyl sites for hydroxylation is 2. The first-order valence-corrected chi connectivity index (χ1v) is 13.1. The molecule has 186 valence electrons. The summed E-state index contributed by atoms with van der Waals surface area (Å²) < 4.78 is 11.5. The zero-order valence-corrected chi connectivity index (χ0v) is 20.9. The maximum atomic E-state index is 13.3. The van der Waals surface area contributed by atoms with Crippen LogP contribution in [0.15, 0.2) is 27.4 Å². The van der Waals surface area contributed by atoms with E-state index in [4.69, 9.17) is 9.15 Å². The smallest absolute Gasteiger partial charge is 0.336 e. The maximum absolute atomic E-state index is 13.3. The number of hydrogen-bond acceptors (Lipinski definition) is 5. The van der Waals surface area contributed by atoms with Gasteiger partial charge in [0.25, 0.3) is 5.91 Å². The van der Waals surface area contributed by atoms with Gasteiger partial charge in [-0.25, -0.2) is 4.79 Å². The Kier molecular flexibility index (Phi) is 7.66. The Bertz CT molecular complexity index is 1080. The van der Waals surface area contributed by atoms with Crippen molar-refractivity contribution in [3.63, 3.8) is 0 Å². The Balaban J connectivity index is 1.52. The van der Waals surface area contributed by atoms with Gasteiger partial charge >= 0.3 is 5.63 Å². The Morgan fingerprint density at radius 1 is 1.24 bits per heavy atom. The maximum Gasteiger partial charge on any atom is 0.336 e. The van der Waals surface area contributed by atoms with Crippen LogP contribution in [0.25, 0.3) is 11.0 Å². The van der Waals surface area contributed by atoms with E-state index in [2.05, 4.69) is 13.8 Å². The van der Waals surface area contributed by atoms with Crippen molar-refractivity contribution in [1.82, 2.24) is 4.90 Å². The summed E-state index contributed by atoms with van der Waals surface area (Å²) >= 11 is 0. The summed E-state index contributed by atoms with van der Waals surface area (Å²) in [6.07, 6.45) is 9.46. The second-order valence-electron chi connectivity index (χ2n) is 10.2. The fraction of sp³-hybridized carbons (Fsp3) is 0.643. The zero-order chi connectivity index (χ0) is 24.3. The van der Waals surface area contributed by atoms with Crippen LogP contribution in [0.5, 0.6) is 5.75 Å². The molecule has 1 aliphatic heterocycles. The molecule has 3 atom stereocenters. The molecule has 6 heteroatoms. The van der Waals surface area contributed by atoms with Crippen molar-refractivity contribution in [2.45, 2.75) is 96.6 Å². The average Bonchev–Trinajstić information content (AvgIpc) is 2.82. The second-order valence-corrected chi connectivity index (χ2v) is 10.2. The molecule has 1 aliphatic carbocycles. The lowest BCUT2D eigenvalue weighted by Crippen LogP contribution is -2.61. The van der Waals surface area contributed by atoms with Crippen molar-refractivity contribution in [1.29, 1.82) is 0 Å². The van der Waals surface area contributed by atoms with Crippen molar-refractivity contribution < 1.29 is 19.1 Å². The zero-order valence-electron chi connectivity index (χ0n) is 20.9. The number of carbonyl (C=O) groups is 1. The monoisotopic (exact) mass is 469 g/mol. The fourth-order valence-corrected chi connectivity index (χ4v) is 6.15. The lowest BCUT2D eigenvalue weighted by atomic mass is 9.66. The van der Waals surface area contributed by atoms with E-state index in [0.717, 1.165) is 74.3 Å². The van der Waals surface area contributed by atoms with Gasteiger partial charge in [0, 0.05) is 35.5 Å². The van der Waals surface area contributed by atoms with E-state index < -0.39 is 5.60 Å². The van der Waals surface area contributed by atoms with E-state index in [-0.39, 0.29) is 30.1 Å². The van der Waals surface area contributed by atoms with E-state index >= 15 is 0 Å². The number of benzene rings is 1. The van der Waals surface area contributed by atoms with Crippen molar-refractivity contribution in [3.05, 3.63) is 39.7 Å².